The molecule has 0 unspecified atom stereocenters. The number of aryl methyl sites for hydroxylation is 4. The van der Waals surface area contributed by atoms with Crippen LogP contribution in [-0.2, 0) is 0 Å². The Bertz CT molecular complexity index is 837. The summed E-state index contributed by atoms with van der Waals surface area (Å²) in [4.78, 5) is 13.5. The van der Waals surface area contributed by atoms with E-state index in [0.717, 1.165) is 29.9 Å². The van der Waals surface area contributed by atoms with Crippen molar-refractivity contribution in [3.05, 3.63) is 46.8 Å². The largest absolute Gasteiger partial charge is 0.332 e. The van der Waals surface area contributed by atoms with Gasteiger partial charge in [-0.15, -0.1) is 0 Å². The van der Waals surface area contributed by atoms with Gasteiger partial charge in [-0.3, -0.25) is 5.32 Å². The zero-order valence-electron chi connectivity index (χ0n) is 15.6. The third kappa shape index (κ3) is 5.23. The molecule has 0 radical (unpaired) electrons. The van der Waals surface area contributed by atoms with Crippen molar-refractivity contribution in [2.24, 2.45) is 4.99 Å². The van der Waals surface area contributed by atoms with E-state index in [1.54, 1.807) is 0 Å². The molecule has 1 saturated carbocycles. The number of aliphatic imine (C=N–C) groups is 1. The predicted molar refractivity (Wildman–Crippen MR) is 111 cm³/mol. The van der Waals surface area contributed by atoms with Crippen molar-refractivity contribution in [3.63, 3.8) is 0 Å². The number of hydrogen-bond donors (Lipinski definition) is 3. The highest BCUT2D eigenvalue weighted by Gasteiger charge is 2.22. The molecule has 3 rings (SSSR count). The number of nitrogens with one attached hydrogen (secondary N) is 3. The number of guanidine groups is 1. The first-order valence-electron chi connectivity index (χ1n) is 8.71. The number of rotatable bonds is 3. The smallest absolute Gasteiger partial charge is 0.229 e. The molecule has 0 amide bonds. The quantitative estimate of drug-likeness (QED) is 0.436. The lowest BCUT2D eigenvalue weighted by molar-refractivity contribution is 1.02. The summed E-state index contributed by atoms with van der Waals surface area (Å²) in [6.07, 6.45) is 2.19. The normalized spacial score (nSPS) is 14.1. The van der Waals surface area contributed by atoms with E-state index in [2.05, 4.69) is 56.9 Å². The van der Waals surface area contributed by atoms with Crippen LogP contribution in [-0.4, -0.2) is 27.1 Å². The van der Waals surface area contributed by atoms with E-state index in [4.69, 9.17) is 12.2 Å². The molecule has 26 heavy (non-hydrogen) atoms. The number of aromatic nitrogens is 2. The van der Waals surface area contributed by atoms with E-state index in [9.17, 15) is 0 Å². The molecule has 0 atom stereocenters. The van der Waals surface area contributed by atoms with Gasteiger partial charge in [0.15, 0.2) is 5.11 Å². The van der Waals surface area contributed by atoms with E-state index in [1.807, 2.05) is 26.0 Å². The first-order chi connectivity index (χ1) is 12.4. The maximum Gasteiger partial charge on any atom is 0.229 e. The second-order valence-electron chi connectivity index (χ2n) is 6.69. The molecule has 0 bridgehead atoms. The maximum absolute atomic E-state index is 5.45. The van der Waals surface area contributed by atoms with E-state index >= 15 is 0 Å². The fourth-order valence-corrected chi connectivity index (χ4v) is 2.67. The van der Waals surface area contributed by atoms with Gasteiger partial charge in [0.05, 0.1) is 6.04 Å². The first-order valence-corrected chi connectivity index (χ1v) is 9.12. The molecule has 1 fully saturated rings. The molecule has 1 aromatic heterocycles. The Hall–Kier alpha value is -2.54. The van der Waals surface area contributed by atoms with Gasteiger partial charge in [-0.2, -0.15) is 0 Å². The summed E-state index contributed by atoms with van der Waals surface area (Å²) in [7, 11) is 0. The molecule has 1 aliphatic carbocycles. The van der Waals surface area contributed by atoms with Crippen LogP contribution in [0.15, 0.2) is 29.3 Å². The van der Waals surface area contributed by atoms with Crippen LogP contribution in [0, 0.1) is 27.7 Å². The summed E-state index contributed by atoms with van der Waals surface area (Å²) in [5, 5.41) is 9.97. The van der Waals surface area contributed by atoms with Gasteiger partial charge in [0, 0.05) is 17.1 Å². The van der Waals surface area contributed by atoms with Crippen LogP contribution in [0.2, 0.25) is 0 Å². The van der Waals surface area contributed by atoms with Gasteiger partial charge < -0.3 is 10.6 Å². The molecule has 0 spiro atoms. The number of nitrogens with zero attached hydrogens (tertiary/aromatic N) is 3. The third-order valence-electron chi connectivity index (χ3n) is 4.07. The van der Waals surface area contributed by atoms with Crippen LogP contribution in [0.25, 0.3) is 0 Å². The second-order valence-corrected chi connectivity index (χ2v) is 7.09. The molecular formula is C19H24N6S. The van der Waals surface area contributed by atoms with Crippen molar-refractivity contribution in [2.45, 2.75) is 46.6 Å². The lowest BCUT2D eigenvalue weighted by Gasteiger charge is -2.15. The number of thiocarbonyl (C=S) groups is 1. The van der Waals surface area contributed by atoms with Crippen LogP contribution in [0.3, 0.4) is 0 Å². The van der Waals surface area contributed by atoms with Crippen molar-refractivity contribution in [1.29, 1.82) is 0 Å². The van der Waals surface area contributed by atoms with Gasteiger partial charge in [-0.25, -0.2) is 15.0 Å². The van der Waals surface area contributed by atoms with Gasteiger partial charge in [0.1, 0.15) is 0 Å². The first kappa shape index (κ1) is 18.3. The standard InChI is InChI=1S/C19H24N6S/c1-11-5-6-16(9-12(11)2)23-19(26)25-18(22-15-7-8-15)24-17-20-13(3)10-14(4)21-17/h5-6,9-10,15H,7-8H2,1-4H3,(H3,20,21,22,23,24,25,26). The van der Waals surface area contributed by atoms with Gasteiger partial charge in [-0.1, -0.05) is 6.07 Å². The van der Waals surface area contributed by atoms with Crippen LogP contribution in [0.1, 0.15) is 35.4 Å². The van der Waals surface area contributed by atoms with Crippen molar-refractivity contribution >= 4 is 34.9 Å². The Morgan fingerprint density at radius 3 is 2.31 bits per heavy atom. The van der Waals surface area contributed by atoms with Gasteiger partial charge >= 0.3 is 0 Å². The van der Waals surface area contributed by atoms with Gasteiger partial charge in [-0.05, 0) is 82.1 Å². The van der Waals surface area contributed by atoms with Gasteiger partial charge in [0.25, 0.3) is 0 Å². The molecule has 136 valence electrons. The molecule has 3 N–H and O–H groups in total. The highest BCUT2D eigenvalue weighted by molar-refractivity contribution is 7.80. The fourth-order valence-electron chi connectivity index (χ4n) is 2.46. The van der Waals surface area contributed by atoms with Crippen molar-refractivity contribution in [1.82, 2.24) is 15.3 Å². The maximum atomic E-state index is 5.45. The molecule has 1 aliphatic rings. The zero-order chi connectivity index (χ0) is 18.7. The van der Waals surface area contributed by atoms with Crippen molar-refractivity contribution in [2.75, 3.05) is 10.6 Å². The number of benzene rings is 1. The lowest BCUT2D eigenvalue weighted by Crippen LogP contribution is -2.39. The Labute approximate surface area is 159 Å². The van der Waals surface area contributed by atoms with Crippen molar-refractivity contribution < 1.29 is 0 Å². The molecule has 0 aliphatic heterocycles. The molecule has 0 saturated heterocycles. The van der Waals surface area contributed by atoms with Crippen LogP contribution >= 0.6 is 12.2 Å². The summed E-state index contributed by atoms with van der Waals surface area (Å²) in [5.74, 6) is 1.09. The monoisotopic (exact) mass is 368 g/mol. The van der Waals surface area contributed by atoms with Crippen LogP contribution in [0.5, 0.6) is 0 Å². The molecule has 7 heteroatoms. The topological polar surface area (TPSA) is 74.2 Å². The highest BCUT2D eigenvalue weighted by atomic mass is 32.1. The SMILES string of the molecule is Cc1cc(C)nc(NC(=NC2CC2)NC(=S)Nc2ccc(C)c(C)c2)n1. The molecule has 2 aromatic rings. The summed E-state index contributed by atoms with van der Waals surface area (Å²) >= 11 is 5.45. The van der Waals surface area contributed by atoms with E-state index in [0.29, 0.717) is 23.1 Å². The van der Waals surface area contributed by atoms with Crippen LogP contribution < -0.4 is 16.0 Å². The van der Waals surface area contributed by atoms with E-state index in [1.165, 1.54) is 11.1 Å². The number of hydrogen-bond acceptors (Lipinski definition) is 4. The highest BCUT2D eigenvalue weighted by Crippen LogP contribution is 2.23. The minimum atomic E-state index is 0.334. The third-order valence-corrected chi connectivity index (χ3v) is 4.27. The minimum Gasteiger partial charge on any atom is -0.332 e. The molecule has 6 nitrogen and oxygen atoms in total. The zero-order valence-corrected chi connectivity index (χ0v) is 16.4. The minimum absolute atomic E-state index is 0.334. The molecule has 1 aromatic carbocycles. The fraction of sp³-hybridized carbons (Fsp3) is 0.368. The summed E-state index contributed by atoms with van der Waals surface area (Å²) < 4.78 is 0. The lowest BCUT2D eigenvalue weighted by atomic mass is 10.1. The van der Waals surface area contributed by atoms with Crippen LogP contribution in [0.4, 0.5) is 11.6 Å². The summed E-state index contributed by atoms with van der Waals surface area (Å²) in [6.45, 7) is 8.05. The Balaban J connectivity index is 1.69. The predicted octanol–water partition coefficient (Wildman–Crippen LogP) is 3.63. The van der Waals surface area contributed by atoms with E-state index in [-0.39, 0.29) is 0 Å². The Morgan fingerprint density at radius 1 is 1.00 bits per heavy atom. The summed E-state index contributed by atoms with van der Waals surface area (Å²) in [6, 6.07) is 8.42. The van der Waals surface area contributed by atoms with Crippen molar-refractivity contribution in [3.8, 4) is 0 Å². The molecule has 1 heterocycles. The molecular weight excluding hydrogens is 344 g/mol. The Morgan fingerprint density at radius 2 is 1.69 bits per heavy atom. The average molecular weight is 369 g/mol. The average Bonchev–Trinajstić information content (AvgIpc) is 3.33. The second kappa shape index (κ2) is 7.78. The van der Waals surface area contributed by atoms with Gasteiger partial charge in [0.2, 0.25) is 11.9 Å². The summed E-state index contributed by atoms with van der Waals surface area (Å²) in [5.41, 5.74) is 5.22. The number of anilines is 2. The Kier molecular flexibility index (Phi) is 5.46. The van der Waals surface area contributed by atoms with E-state index < -0.39 is 0 Å².